The maximum atomic E-state index is 11.3. The molecular weight excluding hydrogens is 268 g/mol. The Bertz CT molecular complexity index is 487. The quantitative estimate of drug-likeness (QED) is 0.600. The van der Waals surface area contributed by atoms with Crippen LogP contribution in [0.2, 0.25) is 0 Å². The van der Waals surface area contributed by atoms with E-state index in [1.165, 1.54) is 6.07 Å². The van der Waals surface area contributed by atoms with Crippen molar-refractivity contribution in [2.45, 2.75) is 25.0 Å². The normalized spacial score (nSPS) is 12.6. The summed E-state index contributed by atoms with van der Waals surface area (Å²) >= 11 is 1.04. The van der Waals surface area contributed by atoms with E-state index in [0.29, 0.717) is 11.8 Å². The Balaban J connectivity index is 3.09. The molecule has 0 spiro atoms. The number of aromatic nitrogens is 2. The number of carboxylic acid groups (broad SMARTS) is 1. The minimum Gasteiger partial charge on any atom is -0.481 e. The topological polar surface area (TPSA) is 81.4 Å². The number of ether oxygens (including phenoxy) is 1. The molecule has 19 heavy (non-hydrogen) atoms. The highest BCUT2D eigenvalue weighted by molar-refractivity contribution is 7.99. The molecule has 1 atom stereocenters. The number of thioether (sulfide) groups is 1. The van der Waals surface area contributed by atoms with Gasteiger partial charge in [0.05, 0.1) is 18.4 Å². The Morgan fingerprint density at radius 2 is 2.26 bits per heavy atom. The molecule has 106 valence electrons. The van der Waals surface area contributed by atoms with Crippen molar-refractivity contribution in [3.8, 4) is 0 Å². The molecule has 0 aromatic carbocycles. The zero-order chi connectivity index (χ0) is 14.4. The lowest BCUT2D eigenvalue weighted by Gasteiger charge is -2.25. The lowest BCUT2D eigenvalue weighted by atomic mass is 10.1. The first-order valence-corrected chi connectivity index (χ1v) is 6.87. The Labute approximate surface area is 115 Å². The standard InChI is InChI=1S/C12H18N2O4S/c1-8(2)9(6-18-3)14-5-4-10(15)13-12(14)19-7-11(16)17/h4-5,8-9H,6-7H2,1-3H3,(H,16,17). The second kappa shape index (κ2) is 7.30. The van der Waals surface area contributed by atoms with Gasteiger partial charge in [-0.3, -0.25) is 9.59 Å². The highest BCUT2D eigenvalue weighted by Gasteiger charge is 2.18. The van der Waals surface area contributed by atoms with Gasteiger partial charge in [0.15, 0.2) is 5.16 Å². The average Bonchev–Trinajstić information content (AvgIpc) is 2.34. The summed E-state index contributed by atoms with van der Waals surface area (Å²) in [6.45, 7) is 4.55. The van der Waals surface area contributed by atoms with Gasteiger partial charge in [0.25, 0.3) is 5.56 Å². The van der Waals surface area contributed by atoms with E-state index < -0.39 is 5.97 Å². The first-order valence-electron chi connectivity index (χ1n) is 5.88. The predicted octanol–water partition coefficient (Wildman–Crippen LogP) is 1.26. The number of hydrogen-bond acceptors (Lipinski definition) is 5. The van der Waals surface area contributed by atoms with Crippen LogP contribution in [0.5, 0.6) is 0 Å². The third-order valence-electron chi connectivity index (χ3n) is 2.59. The Hall–Kier alpha value is -1.34. The zero-order valence-corrected chi connectivity index (χ0v) is 12.0. The number of carbonyl (C=O) groups is 1. The van der Waals surface area contributed by atoms with Crippen LogP contribution in [0.1, 0.15) is 19.9 Å². The van der Waals surface area contributed by atoms with E-state index >= 15 is 0 Å². The first kappa shape index (κ1) is 15.7. The molecule has 0 saturated heterocycles. The van der Waals surface area contributed by atoms with Gasteiger partial charge in [-0.15, -0.1) is 0 Å². The third-order valence-corrected chi connectivity index (χ3v) is 3.55. The Kier molecular flexibility index (Phi) is 6.04. The van der Waals surface area contributed by atoms with Crippen LogP contribution in [0.3, 0.4) is 0 Å². The van der Waals surface area contributed by atoms with Crippen LogP contribution in [0, 0.1) is 5.92 Å². The third kappa shape index (κ3) is 4.68. The number of hydrogen-bond donors (Lipinski definition) is 1. The molecule has 1 rings (SSSR count). The van der Waals surface area contributed by atoms with Gasteiger partial charge in [0, 0.05) is 19.4 Å². The fourth-order valence-electron chi connectivity index (χ4n) is 1.65. The lowest BCUT2D eigenvalue weighted by molar-refractivity contribution is -0.133. The van der Waals surface area contributed by atoms with E-state index in [1.807, 2.05) is 18.4 Å². The van der Waals surface area contributed by atoms with Gasteiger partial charge < -0.3 is 14.4 Å². The Morgan fingerprint density at radius 1 is 1.58 bits per heavy atom. The molecular formula is C12H18N2O4S. The summed E-state index contributed by atoms with van der Waals surface area (Å²) in [5, 5.41) is 9.13. The van der Waals surface area contributed by atoms with E-state index in [1.54, 1.807) is 13.3 Å². The largest absolute Gasteiger partial charge is 0.481 e. The van der Waals surface area contributed by atoms with Crippen molar-refractivity contribution in [2.75, 3.05) is 19.5 Å². The van der Waals surface area contributed by atoms with E-state index in [-0.39, 0.29) is 23.3 Å². The summed E-state index contributed by atoms with van der Waals surface area (Å²) in [6, 6.07) is 1.38. The van der Waals surface area contributed by atoms with Gasteiger partial charge in [-0.2, -0.15) is 4.98 Å². The van der Waals surface area contributed by atoms with Crippen LogP contribution in [0.15, 0.2) is 22.2 Å². The molecule has 1 N–H and O–H groups in total. The minimum atomic E-state index is -0.942. The number of methoxy groups -OCH3 is 1. The highest BCUT2D eigenvalue weighted by Crippen LogP contribution is 2.23. The summed E-state index contributed by atoms with van der Waals surface area (Å²) in [6.07, 6.45) is 1.64. The van der Waals surface area contributed by atoms with E-state index in [9.17, 15) is 9.59 Å². The summed E-state index contributed by atoms with van der Waals surface area (Å²) in [5.41, 5.74) is -0.371. The van der Waals surface area contributed by atoms with Crippen molar-refractivity contribution in [1.82, 2.24) is 9.55 Å². The Morgan fingerprint density at radius 3 is 2.79 bits per heavy atom. The lowest BCUT2D eigenvalue weighted by Crippen LogP contribution is -2.25. The molecule has 0 aliphatic rings. The van der Waals surface area contributed by atoms with Gasteiger partial charge in [-0.05, 0) is 5.92 Å². The van der Waals surface area contributed by atoms with Crippen LogP contribution in [0.25, 0.3) is 0 Å². The fraction of sp³-hybridized carbons (Fsp3) is 0.583. The predicted molar refractivity (Wildman–Crippen MR) is 72.6 cm³/mol. The fourth-order valence-corrected chi connectivity index (χ4v) is 2.40. The monoisotopic (exact) mass is 286 g/mol. The average molecular weight is 286 g/mol. The molecule has 0 fully saturated rings. The molecule has 0 saturated carbocycles. The molecule has 1 heterocycles. The van der Waals surface area contributed by atoms with Gasteiger partial charge in [0.1, 0.15) is 0 Å². The number of aliphatic carboxylic acids is 1. The molecule has 1 aromatic rings. The minimum absolute atomic E-state index is 0.00870. The molecule has 1 aromatic heterocycles. The molecule has 7 heteroatoms. The van der Waals surface area contributed by atoms with Crippen LogP contribution < -0.4 is 5.56 Å². The number of rotatable bonds is 7. The van der Waals surface area contributed by atoms with Crippen molar-refractivity contribution in [3.05, 3.63) is 22.6 Å². The van der Waals surface area contributed by atoms with E-state index in [4.69, 9.17) is 9.84 Å². The van der Waals surface area contributed by atoms with Crippen molar-refractivity contribution >= 4 is 17.7 Å². The van der Waals surface area contributed by atoms with Crippen LogP contribution in [-0.2, 0) is 9.53 Å². The maximum absolute atomic E-state index is 11.3. The van der Waals surface area contributed by atoms with Gasteiger partial charge >= 0.3 is 5.97 Å². The summed E-state index contributed by atoms with van der Waals surface area (Å²) in [5.74, 6) is -0.801. The van der Waals surface area contributed by atoms with Crippen LogP contribution in [0.4, 0.5) is 0 Å². The van der Waals surface area contributed by atoms with Crippen molar-refractivity contribution < 1.29 is 14.6 Å². The number of carboxylic acids is 1. The molecule has 0 aliphatic carbocycles. The molecule has 0 bridgehead atoms. The molecule has 6 nitrogen and oxygen atoms in total. The van der Waals surface area contributed by atoms with Crippen LogP contribution >= 0.6 is 11.8 Å². The SMILES string of the molecule is COCC(C(C)C)n1ccc(=O)nc1SCC(=O)O. The van der Waals surface area contributed by atoms with E-state index in [2.05, 4.69) is 4.98 Å². The van der Waals surface area contributed by atoms with Crippen LogP contribution in [-0.4, -0.2) is 40.1 Å². The van der Waals surface area contributed by atoms with Gasteiger partial charge in [-0.25, -0.2) is 0 Å². The van der Waals surface area contributed by atoms with Gasteiger partial charge in [0.2, 0.25) is 0 Å². The summed E-state index contributed by atoms with van der Waals surface area (Å²) in [4.78, 5) is 25.8. The second-order valence-corrected chi connectivity index (χ2v) is 5.35. The highest BCUT2D eigenvalue weighted by atomic mass is 32.2. The van der Waals surface area contributed by atoms with Crippen molar-refractivity contribution in [3.63, 3.8) is 0 Å². The van der Waals surface area contributed by atoms with Crippen molar-refractivity contribution in [1.29, 1.82) is 0 Å². The summed E-state index contributed by atoms with van der Waals surface area (Å²) in [7, 11) is 1.61. The number of nitrogens with zero attached hydrogens (tertiary/aromatic N) is 2. The van der Waals surface area contributed by atoms with Crippen molar-refractivity contribution in [2.24, 2.45) is 5.92 Å². The second-order valence-electron chi connectivity index (χ2n) is 4.40. The van der Waals surface area contributed by atoms with Gasteiger partial charge in [-0.1, -0.05) is 25.6 Å². The first-order chi connectivity index (χ1) is 8.95. The molecule has 0 radical (unpaired) electrons. The zero-order valence-electron chi connectivity index (χ0n) is 11.2. The van der Waals surface area contributed by atoms with E-state index in [0.717, 1.165) is 11.8 Å². The smallest absolute Gasteiger partial charge is 0.313 e. The molecule has 0 aliphatic heterocycles. The molecule has 1 unspecified atom stereocenters. The maximum Gasteiger partial charge on any atom is 0.313 e. The molecule has 0 amide bonds. The summed E-state index contributed by atoms with van der Waals surface area (Å²) < 4.78 is 6.99.